The van der Waals surface area contributed by atoms with Crippen LogP contribution in [-0.4, -0.2) is 16.6 Å². The maximum Gasteiger partial charge on any atom is 0.214 e. The van der Waals surface area contributed by atoms with E-state index in [4.69, 9.17) is 22.7 Å². The highest BCUT2D eigenvalue weighted by Crippen LogP contribution is 2.23. The van der Waals surface area contributed by atoms with Crippen molar-refractivity contribution in [1.82, 2.24) is 4.98 Å². The third-order valence-corrected chi connectivity index (χ3v) is 3.28. The molecule has 0 amide bonds. The number of thiocarbonyl (C=S) groups is 1. The SMILES string of the molecule is CC(C)(C)CCOc1cc(C(N)=S)c2ccccc2n1. The zero-order valence-electron chi connectivity index (χ0n) is 12.1. The molecule has 0 spiro atoms. The molecule has 2 rings (SSSR count). The average molecular weight is 288 g/mol. The lowest BCUT2D eigenvalue weighted by molar-refractivity contribution is 0.237. The highest BCUT2D eigenvalue weighted by atomic mass is 32.1. The highest BCUT2D eigenvalue weighted by molar-refractivity contribution is 7.80. The summed E-state index contributed by atoms with van der Waals surface area (Å²) in [7, 11) is 0. The summed E-state index contributed by atoms with van der Waals surface area (Å²) in [5.41, 5.74) is 7.70. The Balaban J connectivity index is 2.28. The molecule has 4 heteroatoms. The zero-order valence-corrected chi connectivity index (χ0v) is 13.0. The van der Waals surface area contributed by atoms with Crippen molar-refractivity contribution in [2.24, 2.45) is 11.1 Å². The van der Waals surface area contributed by atoms with E-state index in [1.54, 1.807) is 0 Å². The van der Waals surface area contributed by atoms with Gasteiger partial charge in [-0.2, -0.15) is 0 Å². The van der Waals surface area contributed by atoms with E-state index in [1.807, 2.05) is 30.3 Å². The first kappa shape index (κ1) is 14.7. The van der Waals surface area contributed by atoms with Gasteiger partial charge in [0.05, 0.1) is 12.1 Å². The summed E-state index contributed by atoms with van der Waals surface area (Å²) in [5, 5.41) is 0.961. The molecular formula is C16H20N2OS. The Labute approximate surface area is 125 Å². The fraction of sp³-hybridized carbons (Fsp3) is 0.375. The van der Waals surface area contributed by atoms with E-state index in [9.17, 15) is 0 Å². The average Bonchev–Trinajstić information content (AvgIpc) is 2.36. The summed E-state index contributed by atoms with van der Waals surface area (Å²) in [5.74, 6) is 0.579. The summed E-state index contributed by atoms with van der Waals surface area (Å²) in [4.78, 5) is 4.87. The first-order chi connectivity index (χ1) is 9.37. The molecule has 0 aliphatic heterocycles. The van der Waals surface area contributed by atoms with Crippen molar-refractivity contribution in [3.63, 3.8) is 0 Å². The van der Waals surface area contributed by atoms with Gasteiger partial charge in [-0.3, -0.25) is 0 Å². The van der Waals surface area contributed by atoms with Crippen LogP contribution in [0.5, 0.6) is 5.88 Å². The van der Waals surface area contributed by atoms with Gasteiger partial charge in [0.2, 0.25) is 5.88 Å². The van der Waals surface area contributed by atoms with Crippen LogP contribution < -0.4 is 10.5 Å². The fourth-order valence-corrected chi connectivity index (χ4v) is 2.06. The summed E-state index contributed by atoms with van der Waals surface area (Å²) < 4.78 is 5.75. The maximum absolute atomic E-state index is 5.79. The van der Waals surface area contributed by atoms with Crippen LogP contribution in [0.25, 0.3) is 10.9 Å². The molecule has 0 aliphatic carbocycles. The third-order valence-electron chi connectivity index (χ3n) is 3.06. The minimum atomic E-state index is 0.239. The lowest BCUT2D eigenvalue weighted by atomic mass is 9.93. The molecule has 0 saturated carbocycles. The van der Waals surface area contributed by atoms with Crippen molar-refractivity contribution >= 4 is 28.1 Å². The molecular weight excluding hydrogens is 268 g/mol. The molecule has 106 valence electrons. The lowest BCUT2D eigenvalue weighted by Crippen LogP contribution is -2.13. The molecule has 2 aromatic rings. The number of nitrogens with two attached hydrogens (primary N) is 1. The Kier molecular flexibility index (Phi) is 4.23. The standard InChI is InChI=1S/C16H20N2OS/c1-16(2,3)8-9-19-14-10-12(15(17)20)11-6-4-5-7-13(11)18-14/h4-7,10H,8-9H2,1-3H3,(H2,17,20). The Morgan fingerprint density at radius 2 is 2.00 bits per heavy atom. The molecule has 0 fully saturated rings. The van der Waals surface area contributed by atoms with E-state index >= 15 is 0 Å². The van der Waals surface area contributed by atoms with Gasteiger partial charge < -0.3 is 10.5 Å². The molecule has 0 aliphatic rings. The number of rotatable bonds is 4. The number of ether oxygens (including phenoxy) is 1. The van der Waals surface area contributed by atoms with E-state index in [0.717, 1.165) is 22.9 Å². The van der Waals surface area contributed by atoms with E-state index < -0.39 is 0 Å². The second-order valence-corrected chi connectivity index (χ2v) is 6.49. The van der Waals surface area contributed by atoms with Crippen LogP contribution in [0.15, 0.2) is 30.3 Å². The number of benzene rings is 1. The van der Waals surface area contributed by atoms with Gasteiger partial charge in [-0.05, 0) is 17.9 Å². The van der Waals surface area contributed by atoms with E-state index in [0.29, 0.717) is 17.5 Å². The van der Waals surface area contributed by atoms with Crippen LogP contribution in [0.4, 0.5) is 0 Å². The minimum Gasteiger partial charge on any atom is -0.478 e. The molecule has 20 heavy (non-hydrogen) atoms. The Morgan fingerprint density at radius 1 is 1.30 bits per heavy atom. The molecule has 0 radical (unpaired) electrons. The van der Waals surface area contributed by atoms with Gasteiger partial charge in [0.15, 0.2) is 0 Å². The fourth-order valence-electron chi connectivity index (χ4n) is 1.89. The van der Waals surface area contributed by atoms with E-state index in [2.05, 4.69) is 25.8 Å². The summed E-state index contributed by atoms with van der Waals surface area (Å²) in [6.45, 7) is 7.19. The molecule has 0 atom stereocenters. The molecule has 2 N–H and O–H groups in total. The van der Waals surface area contributed by atoms with Crippen LogP contribution in [-0.2, 0) is 0 Å². The molecule has 1 aromatic carbocycles. The summed E-state index contributed by atoms with van der Waals surface area (Å²) in [6, 6.07) is 9.63. The van der Waals surface area contributed by atoms with Gasteiger partial charge in [-0.15, -0.1) is 0 Å². The molecule has 3 nitrogen and oxygen atoms in total. The van der Waals surface area contributed by atoms with Crippen molar-refractivity contribution in [3.8, 4) is 5.88 Å². The molecule has 0 saturated heterocycles. The maximum atomic E-state index is 5.79. The van der Waals surface area contributed by atoms with Gasteiger partial charge in [0, 0.05) is 17.0 Å². The largest absolute Gasteiger partial charge is 0.478 e. The number of fused-ring (bicyclic) bond motifs is 1. The van der Waals surface area contributed by atoms with Gasteiger partial charge >= 0.3 is 0 Å². The molecule has 0 unspecified atom stereocenters. The smallest absolute Gasteiger partial charge is 0.214 e. The number of para-hydroxylation sites is 1. The van der Waals surface area contributed by atoms with Crippen LogP contribution in [0, 0.1) is 5.41 Å². The number of hydrogen-bond donors (Lipinski definition) is 1. The second-order valence-electron chi connectivity index (χ2n) is 6.05. The van der Waals surface area contributed by atoms with Crippen LogP contribution in [0.3, 0.4) is 0 Å². The van der Waals surface area contributed by atoms with Crippen molar-refractivity contribution in [3.05, 3.63) is 35.9 Å². The number of pyridine rings is 1. The summed E-state index contributed by atoms with van der Waals surface area (Å²) >= 11 is 5.12. The van der Waals surface area contributed by atoms with Gasteiger partial charge in [0.25, 0.3) is 0 Å². The number of nitrogens with zero attached hydrogens (tertiary/aromatic N) is 1. The van der Waals surface area contributed by atoms with Crippen molar-refractivity contribution in [2.75, 3.05) is 6.61 Å². The highest BCUT2D eigenvalue weighted by Gasteiger charge is 2.12. The van der Waals surface area contributed by atoms with Crippen LogP contribution >= 0.6 is 12.2 Å². The predicted molar refractivity (Wildman–Crippen MR) is 87.2 cm³/mol. The predicted octanol–water partition coefficient (Wildman–Crippen LogP) is 3.68. The zero-order chi connectivity index (χ0) is 14.8. The second kappa shape index (κ2) is 5.75. The molecule has 1 aromatic heterocycles. The van der Waals surface area contributed by atoms with Crippen LogP contribution in [0.2, 0.25) is 0 Å². The van der Waals surface area contributed by atoms with Gasteiger partial charge in [-0.25, -0.2) is 4.98 Å². The molecule has 0 bridgehead atoms. The number of hydrogen-bond acceptors (Lipinski definition) is 3. The molecule has 1 heterocycles. The topological polar surface area (TPSA) is 48.1 Å². The van der Waals surface area contributed by atoms with E-state index in [-0.39, 0.29) is 5.41 Å². The van der Waals surface area contributed by atoms with Crippen molar-refractivity contribution in [1.29, 1.82) is 0 Å². The minimum absolute atomic E-state index is 0.239. The van der Waals surface area contributed by atoms with Gasteiger partial charge in [0.1, 0.15) is 4.99 Å². The first-order valence-corrected chi connectivity index (χ1v) is 7.10. The van der Waals surface area contributed by atoms with Crippen LogP contribution in [0.1, 0.15) is 32.8 Å². The monoisotopic (exact) mass is 288 g/mol. The summed E-state index contributed by atoms with van der Waals surface area (Å²) in [6.07, 6.45) is 0.962. The normalized spacial score (nSPS) is 11.6. The Bertz CT molecular complexity index is 632. The Hall–Kier alpha value is -1.68. The van der Waals surface area contributed by atoms with Gasteiger partial charge in [-0.1, -0.05) is 51.2 Å². The third kappa shape index (κ3) is 3.67. The first-order valence-electron chi connectivity index (χ1n) is 6.69. The Morgan fingerprint density at radius 3 is 2.65 bits per heavy atom. The van der Waals surface area contributed by atoms with Crippen molar-refractivity contribution < 1.29 is 4.74 Å². The number of aromatic nitrogens is 1. The van der Waals surface area contributed by atoms with Crippen molar-refractivity contribution in [2.45, 2.75) is 27.2 Å². The quantitative estimate of drug-likeness (QED) is 0.872. The van der Waals surface area contributed by atoms with E-state index in [1.165, 1.54) is 0 Å². The lowest BCUT2D eigenvalue weighted by Gasteiger charge is -2.18.